The van der Waals surface area contributed by atoms with Gasteiger partial charge in [0.15, 0.2) is 0 Å². The highest BCUT2D eigenvalue weighted by molar-refractivity contribution is 6.01. The maximum absolute atomic E-state index is 12.6. The largest absolute Gasteiger partial charge is 0.496 e. The molecule has 0 radical (unpaired) electrons. The monoisotopic (exact) mass is 348 g/mol. The van der Waals surface area contributed by atoms with Crippen LogP contribution in [0, 0.1) is 0 Å². The lowest BCUT2D eigenvalue weighted by Crippen LogP contribution is -2.23. The molecule has 3 aromatic carbocycles. The van der Waals surface area contributed by atoms with Gasteiger partial charge >= 0.3 is 0 Å². The van der Waals surface area contributed by atoms with Gasteiger partial charge in [0.05, 0.1) is 12.7 Å². The number of hydrogen-bond acceptors (Lipinski definition) is 3. The fourth-order valence-electron chi connectivity index (χ4n) is 2.75. The van der Waals surface area contributed by atoms with Crippen LogP contribution >= 0.6 is 0 Å². The van der Waals surface area contributed by atoms with E-state index in [0.717, 1.165) is 22.0 Å². The van der Waals surface area contributed by atoms with Crippen molar-refractivity contribution in [3.63, 3.8) is 0 Å². The summed E-state index contributed by atoms with van der Waals surface area (Å²) in [5.41, 5.74) is 2.16. The first-order valence-electron chi connectivity index (χ1n) is 8.28. The average Bonchev–Trinajstić information content (AvgIpc) is 2.65. The van der Waals surface area contributed by atoms with Crippen molar-refractivity contribution in [3.05, 3.63) is 71.8 Å². The van der Waals surface area contributed by atoms with Gasteiger partial charge in [-0.2, -0.15) is 0 Å². The van der Waals surface area contributed by atoms with Crippen LogP contribution in [0.1, 0.15) is 22.8 Å². The Morgan fingerprint density at radius 1 is 0.962 bits per heavy atom. The molecule has 132 valence electrons. The van der Waals surface area contributed by atoms with E-state index in [1.54, 1.807) is 19.2 Å². The van der Waals surface area contributed by atoms with Crippen molar-refractivity contribution in [2.45, 2.75) is 13.5 Å². The molecule has 0 saturated carbocycles. The molecule has 0 aliphatic carbocycles. The lowest BCUT2D eigenvalue weighted by Gasteiger charge is -2.11. The third kappa shape index (κ3) is 4.00. The molecule has 0 spiro atoms. The molecule has 0 unspecified atom stereocenters. The molecular formula is C21H20N2O3. The molecule has 5 nitrogen and oxygen atoms in total. The minimum absolute atomic E-state index is 0.116. The van der Waals surface area contributed by atoms with E-state index >= 15 is 0 Å². The van der Waals surface area contributed by atoms with Crippen LogP contribution in [0.25, 0.3) is 10.8 Å². The summed E-state index contributed by atoms with van der Waals surface area (Å²) in [6.45, 7) is 1.85. The zero-order valence-corrected chi connectivity index (χ0v) is 14.7. The SMILES string of the molecule is COc1cc2ccccc2cc1C(=O)NCc1ccc(NC(C)=O)cc1. The molecule has 0 saturated heterocycles. The van der Waals surface area contributed by atoms with Crippen molar-refractivity contribution in [3.8, 4) is 5.75 Å². The van der Waals surface area contributed by atoms with Crippen LogP contribution in [0.5, 0.6) is 5.75 Å². The van der Waals surface area contributed by atoms with Gasteiger partial charge in [0, 0.05) is 19.2 Å². The Balaban J connectivity index is 1.73. The summed E-state index contributed by atoms with van der Waals surface area (Å²) < 4.78 is 5.38. The summed E-state index contributed by atoms with van der Waals surface area (Å²) in [4.78, 5) is 23.6. The van der Waals surface area contributed by atoms with E-state index in [1.807, 2.05) is 48.5 Å². The van der Waals surface area contributed by atoms with Crippen LogP contribution in [0.2, 0.25) is 0 Å². The molecule has 0 bridgehead atoms. The van der Waals surface area contributed by atoms with Gasteiger partial charge in [-0.15, -0.1) is 0 Å². The Kier molecular flexibility index (Phi) is 5.17. The third-order valence-electron chi connectivity index (χ3n) is 4.04. The Morgan fingerprint density at radius 2 is 1.62 bits per heavy atom. The standard InChI is InChI=1S/C21H20N2O3/c1-14(24)23-18-9-7-15(8-10-18)13-22-21(25)19-11-16-5-3-4-6-17(16)12-20(19)26-2/h3-12H,13H2,1-2H3,(H,22,25)(H,23,24). The number of rotatable bonds is 5. The van der Waals surface area contributed by atoms with E-state index < -0.39 is 0 Å². The van der Waals surface area contributed by atoms with Gasteiger partial charge in [-0.05, 0) is 40.6 Å². The molecule has 3 rings (SSSR count). The molecule has 0 fully saturated rings. The molecule has 26 heavy (non-hydrogen) atoms. The van der Waals surface area contributed by atoms with E-state index in [0.29, 0.717) is 17.9 Å². The summed E-state index contributed by atoms with van der Waals surface area (Å²) in [7, 11) is 1.56. The Morgan fingerprint density at radius 3 is 2.23 bits per heavy atom. The number of methoxy groups -OCH3 is 1. The molecule has 0 heterocycles. The smallest absolute Gasteiger partial charge is 0.255 e. The van der Waals surface area contributed by atoms with E-state index in [4.69, 9.17) is 4.74 Å². The molecule has 0 aliphatic rings. The zero-order chi connectivity index (χ0) is 18.5. The van der Waals surface area contributed by atoms with E-state index in [9.17, 15) is 9.59 Å². The van der Waals surface area contributed by atoms with Gasteiger partial charge in [-0.3, -0.25) is 9.59 Å². The van der Waals surface area contributed by atoms with Crippen LogP contribution in [0.15, 0.2) is 60.7 Å². The Hall–Kier alpha value is -3.34. The van der Waals surface area contributed by atoms with E-state index in [1.165, 1.54) is 6.92 Å². The maximum Gasteiger partial charge on any atom is 0.255 e. The van der Waals surface area contributed by atoms with Crippen molar-refractivity contribution >= 4 is 28.3 Å². The average molecular weight is 348 g/mol. The second-order valence-corrected chi connectivity index (χ2v) is 5.96. The van der Waals surface area contributed by atoms with Gasteiger partial charge in [-0.1, -0.05) is 36.4 Å². The summed E-state index contributed by atoms with van der Waals surface area (Å²) in [6, 6.07) is 18.9. The Labute approximate surface area is 152 Å². The Bertz CT molecular complexity index is 949. The number of nitrogens with one attached hydrogen (secondary N) is 2. The molecule has 2 N–H and O–H groups in total. The predicted molar refractivity (Wildman–Crippen MR) is 102 cm³/mol. The summed E-state index contributed by atoms with van der Waals surface area (Å²) in [6.07, 6.45) is 0. The third-order valence-corrected chi connectivity index (χ3v) is 4.04. The molecule has 2 amide bonds. The van der Waals surface area contributed by atoms with E-state index in [2.05, 4.69) is 10.6 Å². The lowest BCUT2D eigenvalue weighted by molar-refractivity contribution is -0.114. The first-order valence-corrected chi connectivity index (χ1v) is 8.28. The van der Waals surface area contributed by atoms with Gasteiger partial charge in [0.1, 0.15) is 5.75 Å². The number of benzene rings is 3. The van der Waals surface area contributed by atoms with Gasteiger partial charge in [0.25, 0.3) is 5.91 Å². The first-order chi connectivity index (χ1) is 12.6. The number of amides is 2. The number of carbonyl (C=O) groups excluding carboxylic acids is 2. The van der Waals surface area contributed by atoms with Crippen LogP contribution < -0.4 is 15.4 Å². The maximum atomic E-state index is 12.6. The van der Waals surface area contributed by atoms with Crippen LogP contribution in [0.3, 0.4) is 0 Å². The number of hydrogen-bond donors (Lipinski definition) is 2. The highest BCUT2D eigenvalue weighted by Gasteiger charge is 2.13. The predicted octanol–water partition coefficient (Wildman–Crippen LogP) is 3.74. The van der Waals surface area contributed by atoms with Crippen LogP contribution in [-0.2, 0) is 11.3 Å². The van der Waals surface area contributed by atoms with Gasteiger partial charge in [-0.25, -0.2) is 0 Å². The fourth-order valence-corrected chi connectivity index (χ4v) is 2.75. The molecule has 3 aromatic rings. The molecule has 0 atom stereocenters. The van der Waals surface area contributed by atoms with E-state index in [-0.39, 0.29) is 11.8 Å². The zero-order valence-electron chi connectivity index (χ0n) is 14.7. The van der Waals surface area contributed by atoms with Crippen molar-refractivity contribution in [2.75, 3.05) is 12.4 Å². The normalized spacial score (nSPS) is 10.4. The second-order valence-electron chi connectivity index (χ2n) is 5.96. The summed E-state index contributed by atoms with van der Waals surface area (Å²) in [5, 5.41) is 7.63. The van der Waals surface area contributed by atoms with Crippen LogP contribution in [-0.4, -0.2) is 18.9 Å². The van der Waals surface area contributed by atoms with Crippen LogP contribution in [0.4, 0.5) is 5.69 Å². The number of carbonyl (C=O) groups is 2. The highest BCUT2D eigenvalue weighted by atomic mass is 16.5. The molecule has 5 heteroatoms. The summed E-state index contributed by atoms with van der Waals surface area (Å²) in [5.74, 6) is 0.232. The molecule has 0 aliphatic heterocycles. The molecule has 0 aromatic heterocycles. The summed E-state index contributed by atoms with van der Waals surface area (Å²) >= 11 is 0. The number of ether oxygens (including phenoxy) is 1. The van der Waals surface area contributed by atoms with Gasteiger partial charge < -0.3 is 15.4 Å². The minimum Gasteiger partial charge on any atom is -0.496 e. The first kappa shape index (κ1) is 17.5. The van der Waals surface area contributed by atoms with Crippen molar-refractivity contribution in [1.29, 1.82) is 0 Å². The number of fused-ring (bicyclic) bond motifs is 1. The number of anilines is 1. The van der Waals surface area contributed by atoms with Crippen molar-refractivity contribution < 1.29 is 14.3 Å². The minimum atomic E-state index is -0.196. The fraction of sp³-hybridized carbons (Fsp3) is 0.143. The molecular weight excluding hydrogens is 328 g/mol. The van der Waals surface area contributed by atoms with Crippen molar-refractivity contribution in [2.24, 2.45) is 0 Å². The van der Waals surface area contributed by atoms with Crippen molar-refractivity contribution in [1.82, 2.24) is 5.32 Å². The highest BCUT2D eigenvalue weighted by Crippen LogP contribution is 2.26. The quantitative estimate of drug-likeness (QED) is 0.738. The second kappa shape index (κ2) is 7.70. The van der Waals surface area contributed by atoms with Gasteiger partial charge in [0.2, 0.25) is 5.91 Å². The lowest BCUT2D eigenvalue weighted by atomic mass is 10.1. The topological polar surface area (TPSA) is 67.4 Å².